The summed E-state index contributed by atoms with van der Waals surface area (Å²) >= 11 is 2.18. The van der Waals surface area contributed by atoms with Gasteiger partial charge in [-0.2, -0.15) is 4.90 Å². The molecule has 3 aromatic rings. The summed E-state index contributed by atoms with van der Waals surface area (Å²) in [4.78, 5) is 36.1. The van der Waals surface area contributed by atoms with Gasteiger partial charge in [-0.25, -0.2) is 19.6 Å². The first-order valence-electron chi connectivity index (χ1n) is 12.2. The maximum atomic E-state index is 13.2. The van der Waals surface area contributed by atoms with Gasteiger partial charge in [-0.15, -0.1) is 0 Å². The van der Waals surface area contributed by atoms with Crippen molar-refractivity contribution in [3.8, 4) is 0 Å². The molecule has 0 atom stereocenters. The molecular weight excluding hydrogens is 587 g/mol. The first kappa shape index (κ1) is 27.3. The van der Waals surface area contributed by atoms with Crippen molar-refractivity contribution in [3.05, 3.63) is 52.0 Å². The highest BCUT2D eigenvalue weighted by Crippen LogP contribution is 2.40. The molecule has 9 nitrogen and oxygen atoms in total. The summed E-state index contributed by atoms with van der Waals surface area (Å²) in [5, 5.41) is 0.591. The number of halogens is 1. The fraction of sp³-hybridized carbons (Fsp3) is 0.481. The standard InChI is InChI=1S/C27H33IN4O5/c1-26(2,3)36-24(33)32(25(34)37-27(4,5)6)23-21-20(28)14-31(22(21)29-16-30-23)18-12-19(13-18)35-15-17-10-8-7-9-11-17/h7-11,14,16,18-19H,12-13,15H2,1-6H3. The van der Waals surface area contributed by atoms with Crippen molar-refractivity contribution in [1.29, 1.82) is 0 Å². The monoisotopic (exact) mass is 620 g/mol. The molecule has 0 aliphatic heterocycles. The van der Waals surface area contributed by atoms with Crippen LogP contribution in [0.25, 0.3) is 11.0 Å². The van der Waals surface area contributed by atoms with E-state index in [4.69, 9.17) is 14.2 Å². The number of hydrogen-bond acceptors (Lipinski definition) is 7. The molecule has 0 radical (unpaired) electrons. The zero-order valence-electron chi connectivity index (χ0n) is 22.0. The Hall–Kier alpha value is -2.73. The predicted molar refractivity (Wildman–Crippen MR) is 148 cm³/mol. The number of imide groups is 1. The lowest BCUT2D eigenvalue weighted by Crippen LogP contribution is -2.44. The molecule has 0 N–H and O–H groups in total. The van der Waals surface area contributed by atoms with Gasteiger partial charge in [-0.1, -0.05) is 30.3 Å². The normalized spacial score (nSPS) is 17.8. The zero-order chi connectivity index (χ0) is 27.0. The van der Waals surface area contributed by atoms with Crippen molar-refractivity contribution in [2.24, 2.45) is 0 Å². The molecule has 0 bridgehead atoms. The molecule has 0 saturated heterocycles. The number of carbonyl (C=O) groups excluding carboxylic acids is 2. The third-order valence-corrected chi connectivity index (χ3v) is 6.52. The minimum atomic E-state index is -0.858. The smallest absolute Gasteiger partial charge is 0.425 e. The molecule has 2 amide bonds. The van der Waals surface area contributed by atoms with E-state index in [1.165, 1.54) is 6.33 Å². The highest BCUT2D eigenvalue weighted by Gasteiger charge is 2.37. The molecule has 198 valence electrons. The first-order valence-corrected chi connectivity index (χ1v) is 13.3. The molecular formula is C27H33IN4O5. The number of fused-ring (bicyclic) bond motifs is 1. The number of anilines is 1. The Bertz CT molecular complexity index is 1250. The maximum Gasteiger partial charge on any atom is 0.425 e. The largest absolute Gasteiger partial charge is 0.443 e. The van der Waals surface area contributed by atoms with Crippen LogP contribution in [0.1, 0.15) is 66.0 Å². The summed E-state index contributed by atoms with van der Waals surface area (Å²) in [5.74, 6) is 0.132. The highest BCUT2D eigenvalue weighted by atomic mass is 127. The molecule has 0 spiro atoms. The van der Waals surface area contributed by atoms with Gasteiger partial charge in [0.25, 0.3) is 0 Å². The molecule has 4 rings (SSSR count). The molecule has 1 aromatic carbocycles. The number of ether oxygens (including phenoxy) is 3. The quantitative estimate of drug-likeness (QED) is 0.296. The Labute approximate surface area is 230 Å². The molecule has 0 unspecified atom stereocenters. The van der Waals surface area contributed by atoms with Crippen molar-refractivity contribution < 1.29 is 23.8 Å². The number of rotatable bonds is 5. The molecule has 1 aliphatic rings. The minimum Gasteiger partial charge on any atom is -0.443 e. The summed E-state index contributed by atoms with van der Waals surface area (Å²) in [6.07, 6.45) is 3.45. The van der Waals surface area contributed by atoms with E-state index in [0.717, 1.165) is 26.9 Å². The van der Waals surface area contributed by atoms with E-state index in [9.17, 15) is 9.59 Å². The Morgan fingerprint density at radius 2 is 1.59 bits per heavy atom. The van der Waals surface area contributed by atoms with E-state index >= 15 is 0 Å². The van der Waals surface area contributed by atoms with Crippen LogP contribution in [-0.4, -0.2) is 44.0 Å². The van der Waals surface area contributed by atoms with Crippen LogP contribution in [0.3, 0.4) is 0 Å². The van der Waals surface area contributed by atoms with Crippen LogP contribution in [0, 0.1) is 3.57 Å². The molecule has 1 fully saturated rings. The summed E-state index contributed by atoms with van der Waals surface area (Å²) in [6, 6.07) is 10.3. The first-order chi connectivity index (χ1) is 17.3. The second-order valence-electron chi connectivity index (χ2n) is 11.1. The number of benzene rings is 1. The van der Waals surface area contributed by atoms with Crippen molar-refractivity contribution in [2.75, 3.05) is 4.90 Å². The summed E-state index contributed by atoms with van der Waals surface area (Å²) in [5.41, 5.74) is 0.152. The molecule has 1 saturated carbocycles. The van der Waals surface area contributed by atoms with Gasteiger partial charge in [-0.3, -0.25) is 0 Å². The molecule has 37 heavy (non-hydrogen) atoms. The van der Waals surface area contributed by atoms with Gasteiger partial charge in [0.2, 0.25) is 0 Å². The SMILES string of the molecule is CC(C)(C)OC(=O)N(C(=O)OC(C)(C)C)c1ncnc2c1c(I)cn2C1CC(OCc2ccccc2)C1. The van der Waals surface area contributed by atoms with Gasteiger partial charge in [0.15, 0.2) is 5.82 Å². The fourth-order valence-corrected chi connectivity index (χ4v) is 4.81. The Balaban J connectivity index is 1.60. The van der Waals surface area contributed by atoms with Crippen molar-refractivity contribution in [3.63, 3.8) is 0 Å². The predicted octanol–water partition coefficient (Wildman–Crippen LogP) is 6.63. The molecule has 1 aliphatic carbocycles. The van der Waals surface area contributed by atoms with Gasteiger partial charge < -0.3 is 18.8 Å². The van der Waals surface area contributed by atoms with Crippen LogP contribution in [0.5, 0.6) is 0 Å². The molecule has 10 heteroatoms. The topological polar surface area (TPSA) is 95.8 Å². The van der Waals surface area contributed by atoms with E-state index in [2.05, 4.69) is 49.3 Å². The fourth-order valence-electron chi connectivity index (χ4n) is 4.02. The Morgan fingerprint density at radius 1 is 1.00 bits per heavy atom. The number of carbonyl (C=O) groups is 2. The van der Waals surface area contributed by atoms with Crippen LogP contribution >= 0.6 is 22.6 Å². The van der Waals surface area contributed by atoms with Crippen molar-refractivity contribution >= 4 is 51.6 Å². The lowest BCUT2D eigenvalue weighted by molar-refractivity contribution is -0.0348. The minimum absolute atomic E-state index is 0.132. The van der Waals surface area contributed by atoms with Gasteiger partial charge in [0, 0.05) is 15.8 Å². The Kier molecular flexibility index (Phi) is 7.80. The van der Waals surface area contributed by atoms with Crippen LogP contribution < -0.4 is 4.90 Å². The van der Waals surface area contributed by atoms with Gasteiger partial charge >= 0.3 is 12.2 Å². The van der Waals surface area contributed by atoms with Crippen LogP contribution in [-0.2, 0) is 20.8 Å². The van der Waals surface area contributed by atoms with Crippen molar-refractivity contribution in [2.45, 2.75) is 84.3 Å². The van der Waals surface area contributed by atoms with Crippen LogP contribution in [0.4, 0.5) is 15.4 Å². The number of aromatic nitrogens is 3. The number of amides is 2. The maximum absolute atomic E-state index is 13.2. The average molecular weight is 620 g/mol. The van der Waals surface area contributed by atoms with E-state index in [1.54, 1.807) is 41.5 Å². The van der Waals surface area contributed by atoms with E-state index < -0.39 is 23.4 Å². The second kappa shape index (κ2) is 10.6. The third kappa shape index (κ3) is 6.59. The number of nitrogens with zero attached hydrogens (tertiary/aromatic N) is 4. The van der Waals surface area contributed by atoms with Crippen molar-refractivity contribution in [1.82, 2.24) is 14.5 Å². The summed E-state index contributed by atoms with van der Waals surface area (Å²) in [7, 11) is 0. The average Bonchev–Trinajstić information content (AvgIpc) is 3.08. The van der Waals surface area contributed by atoms with Gasteiger partial charge in [0.1, 0.15) is 23.2 Å². The Morgan fingerprint density at radius 3 is 2.16 bits per heavy atom. The molecule has 2 aromatic heterocycles. The van der Waals surface area contributed by atoms with E-state index in [1.807, 2.05) is 24.4 Å². The van der Waals surface area contributed by atoms with Crippen LogP contribution in [0.15, 0.2) is 42.9 Å². The summed E-state index contributed by atoms with van der Waals surface area (Å²) < 4.78 is 20.0. The van der Waals surface area contributed by atoms with E-state index in [0.29, 0.717) is 17.6 Å². The third-order valence-electron chi connectivity index (χ3n) is 5.70. The van der Waals surface area contributed by atoms with E-state index in [-0.39, 0.29) is 18.0 Å². The lowest BCUT2D eigenvalue weighted by atomic mass is 9.89. The van der Waals surface area contributed by atoms with Crippen LogP contribution in [0.2, 0.25) is 0 Å². The van der Waals surface area contributed by atoms with Gasteiger partial charge in [0.05, 0.1) is 18.1 Å². The lowest BCUT2D eigenvalue weighted by Gasteiger charge is -2.36. The second-order valence-corrected chi connectivity index (χ2v) is 12.3. The highest BCUT2D eigenvalue weighted by molar-refractivity contribution is 14.1. The summed E-state index contributed by atoms with van der Waals surface area (Å²) in [6.45, 7) is 11.0. The van der Waals surface area contributed by atoms with Gasteiger partial charge in [-0.05, 0) is 82.5 Å². The zero-order valence-corrected chi connectivity index (χ0v) is 24.2. The molecule has 2 heterocycles. The number of hydrogen-bond donors (Lipinski definition) is 0.